The Kier molecular flexibility index (Phi) is 4.78. The summed E-state index contributed by atoms with van der Waals surface area (Å²) < 4.78 is 13.5. The average molecular weight is 354 g/mol. The summed E-state index contributed by atoms with van der Waals surface area (Å²) in [5.74, 6) is 0.857. The second kappa shape index (κ2) is 7.18. The summed E-state index contributed by atoms with van der Waals surface area (Å²) in [6, 6.07) is 7.07. The molecule has 0 unspecified atom stereocenters. The van der Waals surface area contributed by atoms with Crippen molar-refractivity contribution in [3.8, 4) is 17.4 Å². The highest BCUT2D eigenvalue weighted by Gasteiger charge is 2.11. The van der Waals surface area contributed by atoms with E-state index in [1.54, 1.807) is 29.1 Å². The van der Waals surface area contributed by atoms with Crippen LogP contribution >= 0.6 is 0 Å². The molecule has 2 heterocycles. The maximum atomic E-state index is 11.1. The molecule has 1 aromatic carbocycles. The molecule has 0 aliphatic rings. The van der Waals surface area contributed by atoms with Gasteiger partial charge in [-0.25, -0.2) is 4.68 Å². The minimum absolute atomic E-state index is 0.352. The Bertz CT molecular complexity index is 973. The van der Waals surface area contributed by atoms with Crippen molar-refractivity contribution in [3.63, 3.8) is 0 Å². The molecule has 0 bridgehead atoms. The summed E-state index contributed by atoms with van der Waals surface area (Å²) in [6.07, 6.45) is 3.12. The predicted octanol–water partition coefficient (Wildman–Crippen LogP) is 1.90. The Balaban J connectivity index is 1.88. The van der Waals surface area contributed by atoms with Crippen LogP contribution < -0.4 is 9.47 Å². The molecule has 3 aromatic rings. The van der Waals surface area contributed by atoms with Crippen LogP contribution in [0.3, 0.4) is 0 Å². The number of aromatic nitrogens is 5. The highest BCUT2D eigenvalue weighted by molar-refractivity contribution is 5.81. The molecule has 3 rings (SSSR count). The largest absolute Gasteiger partial charge is 0.493 e. The van der Waals surface area contributed by atoms with Gasteiger partial charge in [-0.3, -0.25) is 4.79 Å². The molecule has 0 fully saturated rings. The van der Waals surface area contributed by atoms with Gasteiger partial charge < -0.3 is 9.47 Å². The van der Waals surface area contributed by atoms with Gasteiger partial charge in [0.25, 0.3) is 5.95 Å². The smallest absolute Gasteiger partial charge is 0.308 e. The van der Waals surface area contributed by atoms with Crippen LogP contribution in [0.2, 0.25) is 0 Å². The number of carbonyl (C=O) groups is 1. The lowest BCUT2D eigenvalue weighted by Crippen LogP contribution is -2.06. The van der Waals surface area contributed by atoms with E-state index in [0.29, 0.717) is 17.4 Å². The van der Waals surface area contributed by atoms with Gasteiger partial charge in [0, 0.05) is 12.6 Å². The molecule has 0 aliphatic heterocycles. The summed E-state index contributed by atoms with van der Waals surface area (Å²) in [5.41, 5.74) is 2.57. The minimum atomic E-state index is -0.413. The number of rotatable bonds is 5. The van der Waals surface area contributed by atoms with Crippen LogP contribution in [0.25, 0.3) is 5.95 Å². The molecule has 0 amide bonds. The van der Waals surface area contributed by atoms with Gasteiger partial charge in [-0.05, 0) is 43.7 Å². The van der Waals surface area contributed by atoms with Gasteiger partial charge in [0.15, 0.2) is 11.5 Å². The monoisotopic (exact) mass is 354 g/mol. The summed E-state index contributed by atoms with van der Waals surface area (Å²) in [6.45, 7) is 5.17. The molecule has 0 saturated carbocycles. The average Bonchev–Trinajstić information content (AvgIpc) is 3.18. The van der Waals surface area contributed by atoms with E-state index in [9.17, 15) is 4.79 Å². The summed E-state index contributed by atoms with van der Waals surface area (Å²) in [4.78, 5) is 11.1. The number of aryl methyl sites for hydroxylation is 2. The highest BCUT2D eigenvalue weighted by atomic mass is 16.6. The van der Waals surface area contributed by atoms with Crippen molar-refractivity contribution in [1.82, 2.24) is 24.7 Å². The number of hydrogen-bond acceptors (Lipinski definition) is 7. The van der Waals surface area contributed by atoms with Crippen LogP contribution in [0.5, 0.6) is 11.5 Å². The van der Waals surface area contributed by atoms with Crippen LogP contribution in [-0.2, 0) is 4.79 Å². The lowest BCUT2D eigenvalue weighted by atomic mass is 10.2. The van der Waals surface area contributed by atoms with Crippen molar-refractivity contribution in [2.45, 2.75) is 20.8 Å². The Morgan fingerprint density at radius 1 is 1.23 bits per heavy atom. The SMILES string of the molecule is COc1cc(/C=N\n2cnnc2-n2nc(C)cc2C)ccc1OC(C)=O. The molecule has 134 valence electrons. The fraction of sp³-hybridized carbons (Fsp3) is 0.235. The molecule has 9 heteroatoms. The van der Waals surface area contributed by atoms with Crippen molar-refractivity contribution >= 4 is 12.2 Å². The molecule has 0 spiro atoms. The van der Waals surface area contributed by atoms with Crippen molar-refractivity contribution in [1.29, 1.82) is 0 Å². The molecule has 0 aliphatic carbocycles. The fourth-order valence-corrected chi connectivity index (χ4v) is 2.41. The topological polar surface area (TPSA) is 96.4 Å². The predicted molar refractivity (Wildman–Crippen MR) is 93.9 cm³/mol. The van der Waals surface area contributed by atoms with E-state index >= 15 is 0 Å². The summed E-state index contributed by atoms with van der Waals surface area (Å²) in [7, 11) is 1.50. The molecule has 0 saturated heterocycles. The summed E-state index contributed by atoms with van der Waals surface area (Å²) in [5, 5.41) is 16.7. The number of nitrogens with zero attached hydrogens (tertiary/aromatic N) is 6. The van der Waals surface area contributed by atoms with E-state index < -0.39 is 5.97 Å². The zero-order valence-corrected chi connectivity index (χ0v) is 14.9. The van der Waals surface area contributed by atoms with Crippen LogP contribution in [0.4, 0.5) is 0 Å². The first-order valence-corrected chi connectivity index (χ1v) is 7.82. The third kappa shape index (κ3) is 3.61. The zero-order valence-electron chi connectivity index (χ0n) is 14.9. The van der Waals surface area contributed by atoms with Crippen LogP contribution in [-0.4, -0.2) is 43.9 Å². The Morgan fingerprint density at radius 2 is 2.04 bits per heavy atom. The van der Waals surface area contributed by atoms with Crippen molar-refractivity contribution in [2.75, 3.05) is 7.11 Å². The second-order valence-electron chi connectivity index (χ2n) is 5.56. The molecule has 0 atom stereocenters. The van der Waals surface area contributed by atoms with Gasteiger partial charge in [-0.2, -0.15) is 14.9 Å². The van der Waals surface area contributed by atoms with Crippen molar-refractivity contribution < 1.29 is 14.3 Å². The second-order valence-corrected chi connectivity index (χ2v) is 5.56. The Labute approximate surface area is 149 Å². The third-order valence-electron chi connectivity index (χ3n) is 3.48. The van der Waals surface area contributed by atoms with Crippen LogP contribution in [0, 0.1) is 13.8 Å². The molecule has 26 heavy (non-hydrogen) atoms. The minimum Gasteiger partial charge on any atom is -0.493 e. The number of ether oxygens (including phenoxy) is 2. The van der Waals surface area contributed by atoms with Gasteiger partial charge in [-0.15, -0.1) is 10.2 Å². The van der Waals surface area contributed by atoms with Gasteiger partial charge in [0.2, 0.25) is 0 Å². The molecular weight excluding hydrogens is 336 g/mol. The number of carbonyl (C=O) groups excluding carboxylic acids is 1. The molecule has 2 aromatic heterocycles. The summed E-state index contributed by atoms with van der Waals surface area (Å²) >= 11 is 0. The number of methoxy groups -OCH3 is 1. The maximum absolute atomic E-state index is 11.1. The number of esters is 1. The Hall–Kier alpha value is -3.49. The standard InChI is InChI=1S/C17H18N6O3/c1-11-7-12(2)23(21-11)17-20-18-10-22(17)19-9-14-5-6-15(26-13(3)24)16(8-14)25-4/h5-10H,1-4H3/b19-9-. The van der Waals surface area contributed by atoms with Gasteiger partial charge in [0.05, 0.1) is 19.0 Å². The van der Waals surface area contributed by atoms with E-state index in [1.807, 2.05) is 19.9 Å². The first-order chi connectivity index (χ1) is 12.5. The lowest BCUT2D eigenvalue weighted by molar-refractivity contribution is -0.132. The van der Waals surface area contributed by atoms with E-state index in [-0.39, 0.29) is 0 Å². The number of benzene rings is 1. The van der Waals surface area contributed by atoms with Crippen LogP contribution in [0.15, 0.2) is 35.7 Å². The van der Waals surface area contributed by atoms with Gasteiger partial charge in [0.1, 0.15) is 6.33 Å². The Morgan fingerprint density at radius 3 is 2.69 bits per heavy atom. The fourth-order valence-electron chi connectivity index (χ4n) is 2.41. The number of hydrogen-bond donors (Lipinski definition) is 0. The lowest BCUT2D eigenvalue weighted by Gasteiger charge is -2.08. The zero-order chi connectivity index (χ0) is 18.7. The van der Waals surface area contributed by atoms with E-state index in [2.05, 4.69) is 20.4 Å². The van der Waals surface area contributed by atoms with Gasteiger partial charge in [-0.1, -0.05) is 0 Å². The molecule has 9 nitrogen and oxygen atoms in total. The molecular formula is C17H18N6O3. The normalized spacial score (nSPS) is 11.1. The first kappa shape index (κ1) is 17.3. The van der Waals surface area contributed by atoms with Gasteiger partial charge >= 0.3 is 5.97 Å². The van der Waals surface area contributed by atoms with E-state index in [4.69, 9.17) is 9.47 Å². The molecule has 0 radical (unpaired) electrons. The van der Waals surface area contributed by atoms with E-state index in [1.165, 1.54) is 25.0 Å². The quantitative estimate of drug-likeness (QED) is 0.394. The van der Waals surface area contributed by atoms with Crippen LogP contribution in [0.1, 0.15) is 23.9 Å². The highest BCUT2D eigenvalue weighted by Crippen LogP contribution is 2.27. The van der Waals surface area contributed by atoms with Crippen molar-refractivity contribution in [3.05, 3.63) is 47.5 Å². The maximum Gasteiger partial charge on any atom is 0.308 e. The first-order valence-electron chi connectivity index (χ1n) is 7.82. The van der Waals surface area contributed by atoms with E-state index in [0.717, 1.165) is 17.0 Å². The third-order valence-corrected chi connectivity index (χ3v) is 3.48. The van der Waals surface area contributed by atoms with Crippen molar-refractivity contribution in [2.24, 2.45) is 5.10 Å². The molecule has 0 N–H and O–H groups in total.